The van der Waals surface area contributed by atoms with Gasteiger partial charge in [0.25, 0.3) is 5.91 Å². The van der Waals surface area contributed by atoms with Crippen molar-refractivity contribution >= 4 is 28.6 Å². The van der Waals surface area contributed by atoms with Gasteiger partial charge in [0.15, 0.2) is 16.6 Å². The minimum Gasteiger partial charge on any atom is -0.504 e. The van der Waals surface area contributed by atoms with Crippen LogP contribution in [-0.2, 0) is 6.42 Å². The van der Waals surface area contributed by atoms with E-state index in [-0.39, 0.29) is 11.7 Å². The molecule has 0 saturated heterocycles. The van der Waals surface area contributed by atoms with Crippen LogP contribution in [0.3, 0.4) is 0 Å². The van der Waals surface area contributed by atoms with E-state index in [9.17, 15) is 9.90 Å². The summed E-state index contributed by atoms with van der Waals surface area (Å²) in [7, 11) is 1.46. The van der Waals surface area contributed by atoms with Crippen molar-refractivity contribution < 1.29 is 14.6 Å². The fourth-order valence-corrected chi connectivity index (χ4v) is 2.59. The van der Waals surface area contributed by atoms with Crippen molar-refractivity contribution in [2.45, 2.75) is 13.3 Å². The molecule has 2 rings (SSSR count). The van der Waals surface area contributed by atoms with Crippen LogP contribution in [-0.4, -0.2) is 29.3 Å². The number of phenolic OH excluding ortho intramolecular Hbond substituents is 1. The molecule has 116 valence electrons. The second kappa shape index (κ2) is 6.90. The zero-order valence-corrected chi connectivity index (χ0v) is 13.0. The number of phenols is 1. The van der Waals surface area contributed by atoms with Gasteiger partial charge < -0.3 is 15.6 Å². The third-order valence-corrected chi connectivity index (χ3v) is 3.76. The number of nitrogen functional groups attached to an aromatic ring is 1. The van der Waals surface area contributed by atoms with Crippen molar-refractivity contribution in [2.24, 2.45) is 5.10 Å². The summed E-state index contributed by atoms with van der Waals surface area (Å²) in [4.78, 5) is 16.6. The van der Waals surface area contributed by atoms with E-state index in [2.05, 4.69) is 15.5 Å². The number of hydrogen-bond acceptors (Lipinski definition) is 7. The SMILES string of the molecule is CCc1nc(N)sc1C(=O)N/N=C\c1ccc(O)c(OC)c1. The number of nitrogens with two attached hydrogens (primary N) is 1. The van der Waals surface area contributed by atoms with Gasteiger partial charge in [0, 0.05) is 0 Å². The largest absolute Gasteiger partial charge is 0.504 e. The molecule has 1 heterocycles. The monoisotopic (exact) mass is 320 g/mol. The second-order valence-corrected chi connectivity index (χ2v) is 5.34. The fourth-order valence-electron chi connectivity index (χ4n) is 1.78. The van der Waals surface area contributed by atoms with Crippen LogP contribution in [0, 0.1) is 0 Å². The molecular weight excluding hydrogens is 304 g/mol. The lowest BCUT2D eigenvalue weighted by atomic mass is 10.2. The van der Waals surface area contributed by atoms with E-state index in [1.807, 2.05) is 6.92 Å². The van der Waals surface area contributed by atoms with Crippen LogP contribution >= 0.6 is 11.3 Å². The number of amides is 1. The van der Waals surface area contributed by atoms with Gasteiger partial charge in [-0.15, -0.1) is 0 Å². The minimum absolute atomic E-state index is 0.0383. The Balaban J connectivity index is 2.07. The predicted octanol–water partition coefficient (Wildman–Crippen LogP) is 1.77. The number of rotatable bonds is 5. The Morgan fingerprint density at radius 3 is 3.05 bits per heavy atom. The quantitative estimate of drug-likeness (QED) is 0.574. The number of ether oxygens (including phenoxy) is 1. The number of methoxy groups -OCH3 is 1. The lowest BCUT2D eigenvalue weighted by Gasteiger charge is -2.03. The number of thiazole rings is 1. The number of aromatic hydroxyl groups is 1. The first-order valence-corrected chi connectivity index (χ1v) is 7.32. The van der Waals surface area contributed by atoms with Gasteiger partial charge in [0.05, 0.1) is 19.0 Å². The summed E-state index contributed by atoms with van der Waals surface area (Å²) in [5, 5.41) is 13.7. The van der Waals surface area contributed by atoms with E-state index < -0.39 is 0 Å². The summed E-state index contributed by atoms with van der Waals surface area (Å²) >= 11 is 1.13. The summed E-state index contributed by atoms with van der Waals surface area (Å²) in [6, 6.07) is 4.74. The van der Waals surface area contributed by atoms with E-state index in [0.717, 1.165) is 11.3 Å². The molecule has 0 unspecified atom stereocenters. The van der Waals surface area contributed by atoms with Crippen LogP contribution in [0.2, 0.25) is 0 Å². The average Bonchev–Trinajstić information content (AvgIpc) is 2.90. The van der Waals surface area contributed by atoms with E-state index >= 15 is 0 Å². The van der Waals surface area contributed by atoms with Gasteiger partial charge in [-0.3, -0.25) is 4.79 Å². The number of benzene rings is 1. The van der Waals surface area contributed by atoms with E-state index in [0.29, 0.717) is 33.4 Å². The molecule has 0 atom stereocenters. The molecule has 0 radical (unpaired) electrons. The Bertz CT molecular complexity index is 712. The lowest BCUT2D eigenvalue weighted by molar-refractivity contribution is 0.0958. The number of hydrogen-bond donors (Lipinski definition) is 3. The van der Waals surface area contributed by atoms with Crippen LogP contribution in [0.5, 0.6) is 11.5 Å². The highest BCUT2D eigenvalue weighted by atomic mass is 32.1. The Morgan fingerprint density at radius 1 is 1.59 bits per heavy atom. The van der Waals surface area contributed by atoms with Crippen molar-refractivity contribution in [1.82, 2.24) is 10.4 Å². The standard InChI is InChI=1S/C14H16N4O3S/c1-3-9-12(22-14(15)17-9)13(20)18-16-7-8-4-5-10(19)11(6-8)21-2/h4-7,19H,3H2,1-2H3,(H2,15,17)(H,18,20)/b16-7-. The number of carbonyl (C=O) groups excluding carboxylic acids is 1. The Kier molecular flexibility index (Phi) is 4.95. The van der Waals surface area contributed by atoms with E-state index in [1.165, 1.54) is 19.4 Å². The van der Waals surface area contributed by atoms with Crippen LogP contribution in [0.4, 0.5) is 5.13 Å². The zero-order chi connectivity index (χ0) is 16.1. The summed E-state index contributed by atoms with van der Waals surface area (Å²) in [6.07, 6.45) is 2.07. The smallest absolute Gasteiger partial charge is 0.283 e. The molecule has 7 nitrogen and oxygen atoms in total. The van der Waals surface area contributed by atoms with Gasteiger partial charge in [-0.25, -0.2) is 10.4 Å². The van der Waals surface area contributed by atoms with Crippen LogP contribution in [0.15, 0.2) is 23.3 Å². The molecule has 0 aliphatic rings. The van der Waals surface area contributed by atoms with E-state index in [4.69, 9.17) is 10.5 Å². The minimum atomic E-state index is -0.354. The highest BCUT2D eigenvalue weighted by Gasteiger charge is 2.15. The van der Waals surface area contributed by atoms with E-state index in [1.54, 1.807) is 12.1 Å². The summed E-state index contributed by atoms with van der Waals surface area (Å²) in [5.74, 6) is 0.0169. The first-order chi connectivity index (χ1) is 10.5. The predicted molar refractivity (Wildman–Crippen MR) is 85.6 cm³/mol. The lowest BCUT2D eigenvalue weighted by Crippen LogP contribution is -2.17. The molecule has 1 amide bonds. The number of carbonyl (C=O) groups is 1. The van der Waals surface area contributed by atoms with Gasteiger partial charge in [-0.1, -0.05) is 18.3 Å². The maximum absolute atomic E-state index is 12.0. The Labute approximate surface area is 131 Å². The number of aromatic nitrogens is 1. The molecule has 22 heavy (non-hydrogen) atoms. The van der Waals surface area contributed by atoms with Crippen molar-refractivity contribution in [3.05, 3.63) is 34.3 Å². The molecule has 0 aliphatic carbocycles. The highest BCUT2D eigenvalue weighted by Crippen LogP contribution is 2.25. The van der Waals surface area contributed by atoms with Crippen LogP contribution in [0.1, 0.15) is 27.9 Å². The van der Waals surface area contributed by atoms with Gasteiger partial charge in [0.2, 0.25) is 0 Å². The molecule has 1 aromatic carbocycles. The molecule has 8 heteroatoms. The van der Waals surface area contributed by atoms with Crippen molar-refractivity contribution in [3.63, 3.8) is 0 Å². The average molecular weight is 320 g/mol. The number of nitrogens with zero attached hydrogens (tertiary/aromatic N) is 2. The van der Waals surface area contributed by atoms with Gasteiger partial charge in [-0.05, 0) is 30.2 Å². The molecule has 0 spiro atoms. The number of aryl methyl sites for hydroxylation is 1. The first-order valence-electron chi connectivity index (χ1n) is 6.50. The second-order valence-electron chi connectivity index (χ2n) is 4.31. The molecule has 0 saturated carbocycles. The van der Waals surface area contributed by atoms with Crippen LogP contribution < -0.4 is 15.9 Å². The van der Waals surface area contributed by atoms with Crippen molar-refractivity contribution in [3.8, 4) is 11.5 Å². The Hall–Kier alpha value is -2.61. The molecule has 0 bridgehead atoms. The van der Waals surface area contributed by atoms with Gasteiger partial charge in [0.1, 0.15) is 4.88 Å². The topological polar surface area (TPSA) is 110 Å². The molecule has 2 aromatic rings. The molecule has 0 aliphatic heterocycles. The first kappa shape index (κ1) is 15.8. The number of hydrazone groups is 1. The fraction of sp³-hybridized carbons (Fsp3) is 0.214. The van der Waals surface area contributed by atoms with Gasteiger partial charge >= 0.3 is 0 Å². The molecule has 0 fully saturated rings. The zero-order valence-electron chi connectivity index (χ0n) is 12.2. The highest BCUT2D eigenvalue weighted by molar-refractivity contribution is 7.17. The third-order valence-electron chi connectivity index (χ3n) is 2.84. The van der Waals surface area contributed by atoms with Crippen molar-refractivity contribution in [2.75, 3.05) is 12.8 Å². The summed E-state index contributed by atoms with van der Waals surface area (Å²) < 4.78 is 5.00. The number of anilines is 1. The van der Waals surface area contributed by atoms with Crippen LogP contribution in [0.25, 0.3) is 0 Å². The Morgan fingerprint density at radius 2 is 2.36 bits per heavy atom. The normalized spacial score (nSPS) is 10.8. The van der Waals surface area contributed by atoms with Crippen molar-refractivity contribution in [1.29, 1.82) is 0 Å². The number of nitrogens with one attached hydrogen (secondary N) is 1. The molecule has 1 aromatic heterocycles. The summed E-state index contributed by atoms with van der Waals surface area (Å²) in [5.41, 5.74) is 9.37. The molecular formula is C14H16N4O3S. The maximum atomic E-state index is 12.0. The molecule has 4 N–H and O–H groups in total. The van der Waals surface area contributed by atoms with Gasteiger partial charge in [-0.2, -0.15) is 5.10 Å². The summed E-state index contributed by atoms with van der Waals surface area (Å²) in [6.45, 7) is 1.90. The maximum Gasteiger partial charge on any atom is 0.283 e. The third kappa shape index (κ3) is 3.53.